The maximum atomic E-state index is 12.3. The predicted octanol–water partition coefficient (Wildman–Crippen LogP) is 3.48. The summed E-state index contributed by atoms with van der Waals surface area (Å²) in [5.41, 5.74) is 1.89. The number of benzene rings is 2. The topological polar surface area (TPSA) is 67.5 Å². The lowest BCUT2D eigenvalue weighted by molar-refractivity contribution is -0.136. The minimum atomic E-state index is -0.876. The van der Waals surface area contributed by atoms with Crippen molar-refractivity contribution in [3.8, 4) is 11.3 Å². The summed E-state index contributed by atoms with van der Waals surface area (Å²) in [7, 11) is 0. The van der Waals surface area contributed by atoms with Gasteiger partial charge in [-0.3, -0.25) is 9.59 Å². The summed E-state index contributed by atoms with van der Waals surface area (Å²) in [5.74, 6) is -0.389. The van der Waals surface area contributed by atoms with Crippen molar-refractivity contribution in [2.45, 2.75) is 12.8 Å². The Balaban J connectivity index is 2.16. The number of aliphatic carboxylic acids is 1. The lowest BCUT2D eigenvalue weighted by Gasteiger charge is -2.07. The van der Waals surface area contributed by atoms with Crippen LogP contribution >= 0.6 is 0 Å². The molecular weight excluding hydrogens is 280 g/mol. The van der Waals surface area contributed by atoms with Crippen molar-refractivity contribution in [2.24, 2.45) is 0 Å². The first-order valence-electron chi connectivity index (χ1n) is 6.98. The van der Waals surface area contributed by atoms with Gasteiger partial charge in [-0.25, -0.2) is 0 Å². The van der Waals surface area contributed by atoms with E-state index >= 15 is 0 Å². The smallest absolute Gasteiger partial charge is 0.303 e. The predicted molar refractivity (Wildman–Crippen MR) is 83.9 cm³/mol. The van der Waals surface area contributed by atoms with Gasteiger partial charge in [0.2, 0.25) is 0 Å². The molecular formula is C18H14O4. The third-order valence-corrected chi connectivity index (χ3v) is 3.50. The largest absolute Gasteiger partial charge is 0.481 e. The van der Waals surface area contributed by atoms with Crippen molar-refractivity contribution < 1.29 is 14.3 Å². The molecule has 1 aromatic heterocycles. The first kappa shape index (κ1) is 14.1. The number of hydrogen-bond acceptors (Lipinski definition) is 3. The highest BCUT2D eigenvalue weighted by Crippen LogP contribution is 2.24. The second-order valence-electron chi connectivity index (χ2n) is 5.03. The van der Waals surface area contributed by atoms with Crippen molar-refractivity contribution in [3.05, 3.63) is 70.4 Å². The molecule has 4 nitrogen and oxygen atoms in total. The minimum Gasteiger partial charge on any atom is -0.481 e. The van der Waals surface area contributed by atoms with E-state index < -0.39 is 5.97 Å². The number of para-hydroxylation sites is 1. The number of carboxylic acids is 1. The molecule has 0 aliphatic rings. The normalized spacial score (nSPS) is 10.7. The summed E-state index contributed by atoms with van der Waals surface area (Å²) < 4.78 is 5.90. The van der Waals surface area contributed by atoms with E-state index in [0.717, 1.165) is 11.1 Å². The molecule has 3 aromatic rings. The summed E-state index contributed by atoms with van der Waals surface area (Å²) in [4.78, 5) is 23.1. The fourth-order valence-electron chi connectivity index (χ4n) is 2.42. The Labute approximate surface area is 126 Å². The Morgan fingerprint density at radius 1 is 1.05 bits per heavy atom. The van der Waals surface area contributed by atoms with Crippen molar-refractivity contribution in [1.29, 1.82) is 0 Å². The average Bonchev–Trinajstić information content (AvgIpc) is 2.53. The van der Waals surface area contributed by atoms with Crippen LogP contribution in [0.1, 0.15) is 12.0 Å². The molecule has 0 saturated carbocycles. The fourth-order valence-corrected chi connectivity index (χ4v) is 2.42. The standard InChI is InChI=1S/C18H14O4/c19-15-11-16(12-5-2-1-3-6-12)22-18-13(9-10-17(20)21)7-4-8-14(15)18/h1-8,11H,9-10H2,(H,20,21). The molecule has 0 fully saturated rings. The Kier molecular flexibility index (Phi) is 3.74. The van der Waals surface area contributed by atoms with Crippen LogP contribution in [0.4, 0.5) is 0 Å². The van der Waals surface area contributed by atoms with Gasteiger partial charge in [0.15, 0.2) is 5.43 Å². The molecule has 110 valence electrons. The van der Waals surface area contributed by atoms with Crippen molar-refractivity contribution in [2.75, 3.05) is 0 Å². The lowest BCUT2D eigenvalue weighted by atomic mass is 10.0. The van der Waals surface area contributed by atoms with Crippen LogP contribution in [0.2, 0.25) is 0 Å². The van der Waals surface area contributed by atoms with E-state index in [0.29, 0.717) is 23.2 Å². The van der Waals surface area contributed by atoms with Gasteiger partial charge < -0.3 is 9.52 Å². The van der Waals surface area contributed by atoms with Gasteiger partial charge in [-0.2, -0.15) is 0 Å². The van der Waals surface area contributed by atoms with E-state index in [1.807, 2.05) is 30.3 Å². The molecule has 0 atom stereocenters. The number of carbonyl (C=O) groups is 1. The van der Waals surface area contributed by atoms with Crippen molar-refractivity contribution in [1.82, 2.24) is 0 Å². The van der Waals surface area contributed by atoms with Crippen molar-refractivity contribution in [3.63, 3.8) is 0 Å². The second kappa shape index (κ2) is 5.85. The number of fused-ring (bicyclic) bond motifs is 1. The van der Waals surface area contributed by atoms with Crippen LogP contribution in [-0.2, 0) is 11.2 Å². The Bertz CT molecular complexity index is 878. The van der Waals surface area contributed by atoms with Crippen LogP contribution in [0, 0.1) is 0 Å². The molecule has 0 aliphatic heterocycles. The third-order valence-electron chi connectivity index (χ3n) is 3.50. The molecule has 0 amide bonds. The van der Waals surface area contributed by atoms with Crippen LogP contribution < -0.4 is 5.43 Å². The zero-order chi connectivity index (χ0) is 15.5. The summed E-state index contributed by atoms with van der Waals surface area (Å²) in [5, 5.41) is 9.32. The molecule has 1 heterocycles. The van der Waals surface area contributed by atoms with E-state index in [1.54, 1.807) is 18.2 Å². The van der Waals surface area contributed by atoms with Gasteiger partial charge in [0.05, 0.1) is 5.39 Å². The van der Waals surface area contributed by atoms with Crippen LogP contribution in [0.5, 0.6) is 0 Å². The first-order valence-corrected chi connectivity index (χ1v) is 6.98. The molecule has 0 saturated heterocycles. The number of aryl methyl sites for hydroxylation is 1. The summed E-state index contributed by atoms with van der Waals surface area (Å²) in [6.45, 7) is 0. The quantitative estimate of drug-likeness (QED) is 0.800. The molecule has 4 heteroatoms. The van der Waals surface area contributed by atoms with Gasteiger partial charge in [-0.1, -0.05) is 42.5 Å². The maximum Gasteiger partial charge on any atom is 0.303 e. The van der Waals surface area contributed by atoms with Gasteiger partial charge in [-0.15, -0.1) is 0 Å². The lowest BCUT2D eigenvalue weighted by Crippen LogP contribution is -2.03. The first-order chi connectivity index (χ1) is 10.6. The molecule has 0 radical (unpaired) electrons. The monoisotopic (exact) mass is 294 g/mol. The van der Waals surface area contributed by atoms with Crippen LogP contribution in [-0.4, -0.2) is 11.1 Å². The van der Waals surface area contributed by atoms with Gasteiger partial charge in [0.25, 0.3) is 0 Å². The highest BCUT2D eigenvalue weighted by Gasteiger charge is 2.11. The number of rotatable bonds is 4. The van der Waals surface area contributed by atoms with Gasteiger partial charge in [0.1, 0.15) is 11.3 Å². The fraction of sp³-hybridized carbons (Fsp3) is 0.111. The van der Waals surface area contributed by atoms with Crippen molar-refractivity contribution >= 4 is 16.9 Å². The zero-order valence-electron chi connectivity index (χ0n) is 11.8. The van der Waals surface area contributed by atoms with Crippen LogP contribution in [0.25, 0.3) is 22.3 Å². The zero-order valence-corrected chi connectivity index (χ0v) is 11.8. The molecule has 0 unspecified atom stereocenters. The van der Waals surface area contributed by atoms with Crippen LogP contribution in [0.15, 0.2) is 63.8 Å². The number of carboxylic acid groups (broad SMARTS) is 1. The van der Waals surface area contributed by atoms with E-state index in [9.17, 15) is 9.59 Å². The Hall–Kier alpha value is -2.88. The van der Waals surface area contributed by atoms with E-state index in [-0.39, 0.29) is 11.8 Å². The Morgan fingerprint density at radius 3 is 2.55 bits per heavy atom. The SMILES string of the molecule is O=C(O)CCc1cccc2c(=O)cc(-c3ccccc3)oc12. The highest BCUT2D eigenvalue weighted by molar-refractivity contribution is 5.82. The third kappa shape index (κ3) is 2.76. The Morgan fingerprint density at radius 2 is 1.82 bits per heavy atom. The molecule has 0 bridgehead atoms. The van der Waals surface area contributed by atoms with Gasteiger partial charge in [0, 0.05) is 18.1 Å². The summed E-state index contributed by atoms with van der Waals surface area (Å²) in [6, 6.07) is 16.1. The number of hydrogen-bond donors (Lipinski definition) is 1. The molecule has 2 aromatic carbocycles. The summed E-state index contributed by atoms with van der Waals surface area (Å²) >= 11 is 0. The molecule has 3 rings (SSSR count). The highest BCUT2D eigenvalue weighted by atomic mass is 16.4. The van der Waals surface area contributed by atoms with Gasteiger partial charge >= 0.3 is 5.97 Å². The molecule has 1 N–H and O–H groups in total. The minimum absolute atomic E-state index is 0.00160. The van der Waals surface area contributed by atoms with Crippen LogP contribution in [0.3, 0.4) is 0 Å². The maximum absolute atomic E-state index is 12.3. The van der Waals surface area contributed by atoms with Gasteiger partial charge in [-0.05, 0) is 18.1 Å². The average molecular weight is 294 g/mol. The molecule has 0 aliphatic carbocycles. The molecule has 0 spiro atoms. The van der Waals surface area contributed by atoms with E-state index in [4.69, 9.17) is 9.52 Å². The van der Waals surface area contributed by atoms with E-state index in [2.05, 4.69) is 0 Å². The van der Waals surface area contributed by atoms with E-state index in [1.165, 1.54) is 6.07 Å². The molecule has 22 heavy (non-hydrogen) atoms. The summed E-state index contributed by atoms with van der Waals surface area (Å²) in [6.07, 6.45) is 0.326. The second-order valence-corrected chi connectivity index (χ2v) is 5.03.